The standard InChI is InChI=1S/C14H21NO3/c1-11-9-15-14(10-18-11)12-3-5-13(6-4-12)17-8-7-16-2/h3-6,11,14-15H,7-10H2,1-2H3. The maximum atomic E-state index is 5.64. The molecule has 0 aliphatic carbocycles. The van der Waals surface area contributed by atoms with E-state index in [1.807, 2.05) is 12.1 Å². The third-order valence-electron chi connectivity index (χ3n) is 3.04. The van der Waals surface area contributed by atoms with E-state index in [-0.39, 0.29) is 6.04 Å². The second kappa shape index (κ2) is 6.73. The van der Waals surface area contributed by atoms with Crippen LogP contribution in [-0.2, 0) is 9.47 Å². The molecule has 0 amide bonds. The molecule has 0 spiro atoms. The molecule has 1 fully saturated rings. The van der Waals surface area contributed by atoms with E-state index in [0.717, 1.165) is 18.9 Å². The van der Waals surface area contributed by atoms with Crippen molar-refractivity contribution in [1.82, 2.24) is 5.32 Å². The van der Waals surface area contributed by atoms with Crippen molar-refractivity contribution in [1.29, 1.82) is 0 Å². The van der Waals surface area contributed by atoms with E-state index in [0.29, 0.717) is 19.3 Å². The Morgan fingerprint density at radius 3 is 2.67 bits per heavy atom. The quantitative estimate of drug-likeness (QED) is 0.810. The van der Waals surface area contributed by atoms with Gasteiger partial charge in [0.15, 0.2) is 0 Å². The van der Waals surface area contributed by atoms with Gasteiger partial charge in [-0.25, -0.2) is 0 Å². The van der Waals surface area contributed by atoms with Crippen molar-refractivity contribution < 1.29 is 14.2 Å². The number of rotatable bonds is 5. The average molecular weight is 251 g/mol. The second-order valence-corrected chi connectivity index (χ2v) is 4.52. The number of methoxy groups -OCH3 is 1. The summed E-state index contributed by atoms with van der Waals surface area (Å²) in [5.41, 5.74) is 1.24. The largest absolute Gasteiger partial charge is 0.491 e. The van der Waals surface area contributed by atoms with Gasteiger partial charge in [0, 0.05) is 13.7 Å². The summed E-state index contributed by atoms with van der Waals surface area (Å²) in [5, 5.41) is 3.47. The summed E-state index contributed by atoms with van der Waals surface area (Å²) in [5.74, 6) is 0.876. The monoisotopic (exact) mass is 251 g/mol. The summed E-state index contributed by atoms with van der Waals surface area (Å²) in [7, 11) is 1.67. The molecule has 2 rings (SSSR count). The molecule has 1 aromatic carbocycles. The number of hydrogen-bond donors (Lipinski definition) is 1. The summed E-state index contributed by atoms with van der Waals surface area (Å²) in [4.78, 5) is 0. The van der Waals surface area contributed by atoms with E-state index in [9.17, 15) is 0 Å². The van der Waals surface area contributed by atoms with Gasteiger partial charge in [-0.15, -0.1) is 0 Å². The third kappa shape index (κ3) is 3.70. The summed E-state index contributed by atoms with van der Waals surface area (Å²) in [6.45, 7) is 4.90. The summed E-state index contributed by atoms with van der Waals surface area (Å²) >= 11 is 0. The maximum Gasteiger partial charge on any atom is 0.119 e. The summed E-state index contributed by atoms with van der Waals surface area (Å²) in [6.07, 6.45) is 0.304. The zero-order chi connectivity index (χ0) is 12.8. The Labute approximate surface area is 108 Å². The summed E-state index contributed by atoms with van der Waals surface area (Å²) in [6, 6.07) is 8.43. The van der Waals surface area contributed by atoms with Crippen LogP contribution in [0, 0.1) is 0 Å². The minimum absolute atomic E-state index is 0.286. The van der Waals surface area contributed by atoms with Gasteiger partial charge in [0.25, 0.3) is 0 Å². The smallest absolute Gasteiger partial charge is 0.119 e. The van der Waals surface area contributed by atoms with Gasteiger partial charge in [-0.2, -0.15) is 0 Å². The predicted octanol–water partition coefficient (Wildman–Crippen LogP) is 1.76. The number of nitrogens with one attached hydrogen (secondary N) is 1. The lowest BCUT2D eigenvalue weighted by Crippen LogP contribution is -2.39. The van der Waals surface area contributed by atoms with Gasteiger partial charge in [-0.1, -0.05) is 12.1 Å². The fraction of sp³-hybridized carbons (Fsp3) is 0.571. The van der Waals surface area contributed by atoms with E-state index >= 15 is 0 Å². The van der Waals surface area contributed by atoms with E-state index in [2.05, 4.69) is 24.4 Å². The van der Waals surface area contributed by atoms with Gasteiger partial charge in [-0.3, -0.25) is 0 Å². The van der Waals surface area contributed by atoms with Crippen LogP contribution < -0.4 is 10.1 Å². The zero-order valence-electron chi connectivity index (χ0n) is 11.0. The van der Waals surface area contributed by atoms with Crippen LogP contribution in [0.25, 0.3) is 0 Å². The van der Waals surface area contributed by atoms with Crippen molar-refractivity contribution in [3.63, 3.8) is 0 Å². The first-order valence-electron chi connectivity index (χ1n) is 6.36. The van der Waals surface area contributed by atoms with Crippen molar-refractivity contribution in [3.05, 3.63) is 29.8 Å². The molecule has 100 valence electrons. The predicted molar refractivity (Wildman–Crippen MR) is 70.0 cm³/mol. The highest BCUT2D eigenvalue weighted by Gasteiger charge is 2.18. The Bertz CT molecular complexity index is 345. The Kier molecular flexibility index (Phi) is 4.99. The number of morpholine rings is 1. The molecule has 18 heavy (non-hydrogen) atoms. The molecule has 1 saturated heterocycles. The van der Waals surface area contributed by atoms with Gasteiger partial charge in [0.2, 0.25) is 0 Å². The number of ether oxygens (including phenoxy) is 3. The lowest BCUT2D eigenvalue weighted by atomic mass is 10.1. The third-order valence-corrected chi connectivity index (χ3v) is 3.04. The summed E-state index contributed by atoms with van der Waals surface area (Å²) < 4.78 is 16.1. The molecular weight excluding hydrogens is 230 g/mol. The molecule has 0 aromatic heterocycles. The van der Waals surface area contributed by atoms with E-state index in [4.69, 9.17) is 14.2 Å². The normalized spacial score (nSPS) is 23.9. The minimum atomic E-state index is 0.286. The Morgan fingerprint density at radius 2 is 2.06 bits per heavy atom. The van der Waals surface area contributed by atoms with Gasteiger partial charge in [0.05, 0.1) is 25.4 Å². The van der Waals surface area contributed by atoms with Crippen molar-refractivity contribution in [2.24, 2.45) is 0 Å². The molecule has 2 atom stereocenters. The molecule has 1 aromatic rings. The van der Waals surface area contributed by atoms with Crippen molar-refractivity contribution >= 4 is 0 Å². The average Bonchev–Trinajstić information content (AvgIpc) is 2.41. The van der Waals surface area contributed by atoms with Gasteiger partial charge in [-0.05, 0) is 24.6 Å². The van der Waals surface area contributed by atoms with Crippen LogP contribution in [0.5, 0.6) is 5.75 Å². The molecule has 4 nitrogen and oxygen atoms in total. The molecule has 0 bridgehead atoms. The molecule has 0 radical (unpaired) electrons. The molecule has 4 heteroatoms. The van der Waals surface area contributed by atoms with Gasteiger partial charge in [0.1, 0.15) is 12.4 Å². The Morgan fingerprint density at radius 1 is 1.28 bits per heavy atom. The maximum absolute atomic E-state index is 5.64. The SMILES string of the molecule is COCCOc1ccc(C2COC(C)CN2)cc1. The van der Waals surface area contributed by atoms with Crippen molar-refractivity contribution in [2.75, 3.05) is 33.5 Å². The first-order valence-corrected chi connectivity index (χ1v) is 6.36. The Hall–Kier alpha value is -1.10. The zero-order valence-corrected chi connectivity index (χ0v) is 11.0. The van der Waals surface area contributed by atoms with Crippen LogP contribution >= 0.6 is 0 Å². The van der Waals surface area contributed by atoms with Gasteiger partial charge >= 0.3 is 0 Å². The fourth-order valence-electron chi connectivity index (χ4n) is 1.94. The van der Waals surface area contributed by atoms with Crippen LogP contribution in [0.1, 0.15) is 18.5 Å². The number of hydrogen-bond acceptors (Lipinski definition) is 4. The molecule has 1 aliphatic rings. The molecule has 1 heterocycles. The first-order chi connectivity index (χ1) is 8.79. The van der Waals surface area contributed by atoms with Gasteiger partial charge < -0.3 is 19.5 Å². The van der Waals surface area contributed by atoms with E-state index in [1.165, 1.54) is 5.56 Å². The Balaban J connectivity index is 1.87. The lowest BCUT2D eigenvalue weighted by molar-refractivity contribution is 0.0149. The molecule has 1 aliphatic heterocycles. The van der Waals surface area contributed by atoms with Crippen LogP contribution in [0.2, 0.25) is 0 Å². The minimum Gasteiger partial charge on any atom is -0.491 e. The fourth-order valence-corrected chi connectivity index (χ4v) is 1.94. The van der Waals surface area contributed by atoms with E-state index < -0.39 is 0 Å². The molecular formula is C14H21NO3. The molecule has 2 unspecified atom stereocenters. The highest BCUT2D eigenvalue weighted by atomic mass is 16.5. The molecule has 1 N–H and O–H groups in total. The molecule has 0 saturated carbocycles. The highest BCUT2D eigenvalue weighted by Crippen LogP contribution is 2.20. The highest BCUT2D eigenvalue weighted by molar-refractivity contribution is 5.29. The topological polar surface area (TPSA) is 39.7 Å². The van der Waals surface area contributed by atoms with Crippen molar-refractivity contribution in [2.45, 2.75) is 19.1 Å². The van der Waals surface area contributed by atoms with Crippen molar-refractivity contribution in [3.8, 4) is 5.75 Å². The van der Waals surface area contributed by atoms with Crippen LogP contribution in [-0.4, -0.2) is 39.6 Å². The second-order valence-electron chi connectivity index (χ2n) is 4.52. The van der Waals surface area contributed by atoms with Crippen LogP contribution in [0.15, 0.2) is 24.3 Å². The van der Waals surface area contributed by atoms with Crippen LogP contribution in [0.3, 0.4) is 0 Å². The van der Waals surface area contributed by atoms with E-state index in [1.54, 1.807) is 7.11 Å². The van der Waals surface area contributed by atoms with Crippen LogP contribution in [0.4, 0.5) is 0 Å². The lowest BCUT2D eigenvalue weighted by Gasteiger charge is -2.28. The first kappa shape index (κ1) is 13.3. The number of benzene rings is 1.